The highest BCUT2D eigenvalue weighted by Gasteiger charge is 2.28. The van der Waals surface area contributed by atoms with Gasteiger partial charge in [0.2, 0.25) is 0 Å². The topological polar surface area (TPSA) is 24.5 Å². The summed E-state index contributed by atoms with van der Waals surface area (Å²) < 4.78 is 19.4. The molecule has 112 valence electrons. The third-order valence-corrected chi connectivity index (χ3v) is 4.30. The molecule has 1 aliphatic heterocycles. The Kier molecular flexibility index (Phi) is 5.52. The van der Waals surface area contributed by atoms with Crippen LogP contribution in [0.4, 0.5) is 4.39 Å². The number of hydrogen-bond acceptors (Lipinski definition) is 3. The third-order valence-electron chi connectivity index (χ3n) is 4.30. The standard InChI is InChI=1S/C16H25FN2O/c1-12-16(9-11-20-12)19(3)10-8-15(18-2)13-6-4-5-7-14(13)17/h4-7,12,15-16,18H,8-11H2,1-3H3. The van der Waals surface area contributed by atoms with Gasteiger partial charge in [0, 0.05) is 30.8 Å². The molecule has 0 spiro atoms. The zero-order chi connectivity index (χ0) is 14.5. The van der Waals surface area contributed by atoms with Gasteiger partial charge in [-0.25, -0.2) is 4.39 Å². The normalized spacial score (nSPS) is 24.2. The van der Waals surface area contributed by atoms with Gasteiger partial charge in [0.15, 0.2) is 0 Å². The maximum atomic E-state index is 13.8. The maximum absolute atomic E-state index is 13.8. The molecule has 1 N–H and O–H groups in total. The van der Waals surface area contributed by atoms with Gasteiger partial charge in [-0.05, 0) is 39.9 Å². The zero-order valence-electron chi connectivity index (χ0n) is 12.6. The lowest BCUT2D eigenvalue weighted by molar-refractivity contribution is 0.0824. The molecular weight excluding hydrogens is 255 g/mol. The van der Waals surface area contributed by atoms with Gasteiger partial charge < -0.3 is 15.0 Å². The van der Waals surface area contributed by atoms with Crippen LogP contribution in [0.1, 0.15) is 31.4 Å². The Bertz CT molecular complexity index is 427. The molecule has 4 heteroatoms. The summed E-state index contributed by atoms with van der Waals surface area (Å²) in [6, 6.07) is 7.53. The van der Waals surface area contributed by atoms with Crippen LogP contribution in [0.5, 0.6) is 0 Å². The van der Waals surface area contributed by atoms with E-state index in [0.29, 0.717) is 12.1 Å². The molecule has 3 atom stereocenters. The Hall–Kier alpha value is -0.970. The van der Waals surface area contributed by atoms with E-state index in [2.05, 4.69) is 24.2 Å². The number of halogens is 1. The van der Waals surface area contributed by atoms with Crippen molar-refractivity contribution in [2.24, 2.45) is 0 Å². The van der Waals surface area contributed by atoms with E-state index in [1.54, 1.807) is 6.07 Å². The number of hydrogen-bond donors (Lipinski definition) is 1. The summed E-state index contributed by atoms with van der Waals surface area (Å²) in [5.74, 6) is -0.132. The van der Waals surface area contributed by atoms with Gasteiger partial charge in [-0.15, -0.1) is 0 Å². The molecule has 1 aliphatic rings. The minimum absolute atomic E-state index is 0.0521. The quantitative estimate of drug-likeness (QED) is 0.867. The highest BCUT2D eigenvalue weighted by Crippen LogP contribution is 2.22. The molecule has 0 amide bonds. The van der Waals surface area contributed by atoms with Crippen LogP contribution in [-0.4, -0.2) is 44.3 Å². The molecule has 0 saturated carbocycles. The van der Waals surface area contributed by atoms with Gasteiger partial charge in [-0.2, -0.15) is 0 Å². The Balaban J connectivity index is 1.92. The van der Waals surface area contributed by atoms with Crippen molar-refractivity contribution < 1.29 is 9.13 Å². The summed E-state index contributed by atoms with van der Waals surface area (Å²) in [5, 5.41) is 3.22. The van der Waals surface area contributed by atoms with Gasteiger partial charge in [-0.1, -0.05) is 18.2 Å². The van der Waals surface area contributed by atoms with Crippen LogP contribution in [0.3, 0.4) is 0 Å². The largest absolute Gasteiger partial charge is 0.377 e. The van der Waals surface area contributed by atoms with Crippen LogP contribution in [0.2, 0.25) is 0 Å². The lowest BCUT2D eigenvalue weighted by atomic mass is 10.0. The van der Waals surface area contributed by atoms with Crippen molar-refractivity contribution in [2.45, 2.75) is 38.0 Å². The molecule has 1 aromatic carbocycles. The molecule has 3 nitrogen and oxygen atoms in total. The van der Waals surface area contributed by atoms with Crippen molar-refractivity contribution in [2.75, 3.05) is 27.2 Å². The molecule has 0 aromatic heterocycles. The minimum Gasteiger partial charge on any atom is -0.377 e. The van der Waals surface area contributed by atoms with Crippen LogP contribution in [0.15, 0.2) is 24.3 Å². The molecule has 1 fully saturated rings. The number of ether oxygens (including phenoxy) is 1. The SMILES string of the molecule is CNC(CCN(C)C1CCOC1C)c1ccccc1F. The smallest absolute Gasteiger partial charge is 0.127 e. The first-order chi connectivity index (χ1) is 9.63. The first-order valence-electron chi connectivity index (χ1n) is 7.37. The molecule has 2 rings (SSSR count). The van der Waals surface area contributed by atoms with E-state index in [4.69, 9.17) is 4.74 Å². The number of rotatable bonds is 6. The van der Waals surface area contributed by atoms with Crippen LogP contribution >= 0.6 is 0 Å². The van der Waals surface area contributed by atoms with Crippen LogP contribution in [0, 0.1) is 5.82 Å². The van der Waals surface area contributed by atoms with Crippen molar-refractivity contribution in [3.05, 3.63) is 35.6 Å². The van der Waals surface area contributed by atoms with Crippen molar-refractivity contribution >= 4 is 0 Å². The van der Waals surface area contributed by atoms with Gasteiger partial charge in [-0.3, -0.25) is 0 Å². The highest BCUT2D eigenvalue weighted by molar-refractivity contribution is 5.21. The Morgan fingerprint density at radius 2 is 2.20 bits per heavy atom. The van der Waals surface area contributed by atoms with Crippen molar-refractivity contribution in [1.82, 2.24) is 10.2 Å². The monoisotopic (exact) mass is 280 g/mol. The molecule has 0 bridgehead atoms. The molecule has 0 aliphatic carbocycles. The van der Waals surface area contributed by atoms with Gasteiger partial charge in [0.05, 0.1) is 6.10 Å². The second-order valence-corrected chi connectivity index (χ2v) is 5.56. The third kappa shape index (κ3) is 3.57. The molecule has 20 heavy (non-hydrogen) atoms. The lowest BCUT2D eigenvalue weighted by Gasteiger charge is -2.28. The second kappa shape index (κ2) is 7.16. The summed E-state index contributed by atoms with van der Waals surface area (Å²) >= 11 is 0. The summed E-state index contributed by atoms with van der Waals surface area (Å²) in [5.41, 5.74) is 0.749. The van der Waals surface area contributed by atoms with E-state index < -0.39 is 0 Å². The lowest BCUT2D eigenvalue weighted by Crippen LogP contribution is -2.38. The van der Waals surface area contributed by atoms with E-state index in [0.717, 1.165) is 31.6 Å². The number of nitrogens with one attached hydrogen (secondary N) is 1. The van der Waals surface area contributed by atoms with E-state index >= 15 is 0 Å². The molecule has 1 aromatic rings. The fourth-order valence-electron chi connectivity index (χ4n) is 3.01. The minimum atomic E-state index is -0.132. The molecule has 1 heterocycles. The summed E-state index contributed by atoms with van der Waals surface area (Å²) in [6.07, 6.45) is 2.26. The van der Waals surface area contributed by atoms with Gasteiger partial charge in [0.1, 0.15) is 5.82 Å². The summed E-state index contributed by atoms with van der Waals surface area (Å²) in [7, 11) is 4.02. The number of likely N-dealkylation sites (N-methyl/N-ethyl adjacent to an activating group) is 1. The second-order valence-electron chi connectivity index (χ2n) is 5.56. The molecular formula is C16H25FN2O. The predicted octanol–water partition coefficient (Wildman–Crippen LogP) is 2.59. The fraction of sp³-hybridized carbons (Fsp3) is 0.625. The fourth-order valence-corrected chi connectivity index (χ4v) is 3.01. The van der Waals surface area contributed by atoms with Crippen LogP contribution < -0.4 is 5.32 Å². The first kappa shape index (κ1) is 15.4. The van der Waals surface area contributed by atoms with Gasteiger partial charge in [0.25, 0.3) is 0 Å². The van der Waals surface area contributed by atoms with Crippen molar-refractivity contribution in [3.63, 3.8) is 0 Å². The molecule has 1 saturated heterocycles. The molecule has 3 unspecified atom stereocenters. The van der Waals surface area contributed by atoms with Gasteiger partial charge >= 0.3 is 0 Å². The average molecular weight is 280 g/mol. The van der Waals surface area contributed by atoms with E-state index in [1.807, 2.05) is 19.2 Å². The highest BCUT2D eigenvalue weighted by atomic mass is 19.1. The van der Waals surface area contributed by atoms with Crippen molar-refractivity contribution in [3.8, 4) is 0 Å². The van der Waals surface area contributed by atoms with E-state index in [9.17, 15) is 4.39 Å². The Morgan fingerprint density at radius 3 is 2.80 bits per heavy atom. The predicted molar refractivity (Wildman–Crippen MR) is 79.3 cm³/mol. The first-order valence-corrected chi connectivity index (χ1v) is 7.37. The van der Waals surface area contributed by atoms with Crippen LogP contribution in [-0.2, 0) is 4.74 Å². The van der Waals surface area contributed by atoms with Crippen LogP contribution in [0.25, 0.3) is 0 Å². The average Bonchev–Trinajstić information content (AvgIpc) is 2.87. The van der Waals surface area contributed by atoms with Crippen molar-refractivity contribution in [1.29, 1.82) is 0 Å². The Morgan fingerprint density at radius 1 is 1.45 bits per heavy atom. The Labute approximate surface area is 121 Å². The number of benzene rings is 1. The number of nitrogens with zero attached hydrogens (tertiary/aromatic N) is 1. The summed E-state index contributed by atoms with van der Waals surface area (Å²) in [6.45, 7) is 3.90. The van der Waals surface area contributed by atoms with E-state index in [-0.39, 0.29) is 11.9 Å². The maximum Gasteiger partial charge on any atom is 0.127 e. The molecule has 0 radical (unpaired) electrons. The summed E-state index contributed by atoms with van der Waals surface area (Å²) in [4.78, 5) is 2.34. The zero-order valence-corrected chi connectivity index (χ0v) is 12.6. The van der Waals surface area contributed by atoms with E-state index in [1.165, 1.54) is 6.07 Å².